The highest BCUT2D eigenvalue weighted by Crippen LogP contribution is 2.37. The number of hydrogen-bond acceptors (Lipinski definition) is 7. The highest BCUT2D eigenvalue weighted by Gasteiger charge is 2.54. The minimum Gasteiger partial charge on any atom is -0.418 e. The third-order valence-corrected chi connectivity index (χ3v) is 3.80. The largest absolute Gasteiger partial charge is 0.418 e. The van der Waals surface area contributed by atoms with Gasteiger partial charge in [0.15, 0.2) is 0 Å². The van der Waals surface area contributed by atoms with Crippen LogP contribution >= 0.6 is 0 Å². The Bertz CT molecular complexity index is 500. The molecule has 1 aromatic carbocycles. The predicted molar refractivity (Wildman–Crippen MR) is 69.4 cm³/mol. The molecule has 3 N–H and O–H groups in total. The van der Waals surface area contributed by atoms with E-state index >= 15 is 0 Å². The Morgan fingerprint density at radius 2 is 1.24 bits per heavy atom. The molecule has 0 spiro atoms. The lowest BCUT2D eigenvalue weighted by Gasteiger charge is -2.42. The Labute approximate surface area is 120 Å². The summed E-state index contributed by atoms with van der Waals surface area (Å²) in [6.45, 7) is -1.02. The Morgan fingerprint density at radius 3 is 1.52 bits per heavy atom. The fraction of sp³-hybridized carbons (Fsp3) is 0.429. The van der Waals surface area contributed by atoms with Crippen molar-refractivity contribution in [3.8, 4) is 0 Å². The number of hydrogen-bond donors (Lipinski definition) is 3. The van der Waals surface area contributed by atoms with Crippen LogP contribution in [-0.2, 0) is 9.47 Å². The summed E-state index contributed by atoms with van der Waals surface area (Å²) in [6, 6.07) is 5.62. The topological polar surface area (TPSA) is 113 Å². The fourth-order valence-corrected chi connectivity index (χ4v) is 2.03. The van der Waals surface area contributed by atoms with Crippen LogP contribution < -0.4 is 0 Å². The molecule has 7 nitrogen and oxygen atoms in total. The minimum absolute atomic E-state index is 0.186. The SMILES string of the molecule is CC1(C(CO)(CO)CO)OC(=O)c2ccc(cc2)C(=O)O1. The zero-order chi connectivity index (χ0) is 15.7. The van der Waals surface area contributed by atoms with Gasteiger partial charge in [0.2, 0.25) is 0 Å². The summed E-state index contributed by atoms with van der Waals surface area (Å²) < 4.78 is 10.4. The second kappa shape index (κ2) is 5.44. The van der Waals surface area contributed by atoms with Gasteiger partial charge in [-0.1, -0.05) is 0 Å². The highest BCUT2D eigenvalue weighted by atomic mass is 16.7. The maximum absolute atomic E-state index is 12.1. The summed E-state index contributed by atoms with van der Waals surface area (Å²) in [6.07, 6.45) is 0. The van der Waals surface area contributed by atoms with Crippen molar-refractivity contribution in [2.45, 2.75) is 12.7 Å². The summed E-state index contributed by atoms with van der Waals surface area (Å²) in [5.41, 5.74) is -1.36. The zero-order valence-electron chi connectivity index (χ0n) is 11.4. The predicted octanol–water partition coefficient (Wildman–Crippen LogP) is -0.307. The summed E-state index contributed by atoms with van der Waals surface area (Å²) in [5, 5.41) is 28.5. The molecule has 114 valence electrons. The average Bonchev–Trinajstić information content (AvgIpc) is 2.55. The van der Waals surface area contributed by atoms with Crippen molar-refractivity contribution in [3.05, 3.63) is 35.4 Å². The van der Waals surface area contributed by atoms with Crippen molar-refractivity contribution in [2.75, 3.05) is 19.8 Å². The molecule has 0 fully saturated rings. The van der Waals surface area contributed by atoms with Crippen LogP contribution in [0.15, 0.2) is 24.3 Å². The van der Waals surface area contributed by atoms with Gasteiger partial charge in [0.1, 0.15) is 5.41 Å². The molecule has 2 aliphatic rings. The number of benzene rings is 1. The molecule has 0 saturated carbocycles. The molecule has 0 saturated heterocycles. The molecule has 0 aromatic heterocycles. The molecule has 2 bridgehead atoms. The van der Waals surface area contributed by atoms with Crippen LogP contribution in [0.2, 0.25) is 0 Å². The molecule has 3 rings (SSSR count). The molecule has 1 aromatic rings. The quantitative estimate of drug-likeness (QED) is 0.653. The van der Waals surface area contributed by atoms with E-state index in [0.717, 1.165) is 0 Å². The Kier molecular flexibility index (Phi) is 3.99. The van der Waals surface area contributed by atoms with Gasteiger partial charge in [-0.15, -0.1) is 0 Å². The molecular weight excluding hydrogens is 280 g/mol. The third-order valence-electron chi connectivity index (χ3n) is 3.80. The maximum atomic E-state index is 12.1. The molecule has 21 heavy (non-hydrogen) atoms. The first kappa shape index (κ1) is 15.4. The number of aliphatic hydroxyl groups excluding tert-OH is 3. The number of carbonyl (C=O) groups is 2. The molecule has 7 heteroatoms. The van der Waals surface area contributed by atoms with Crippen LogP contribution in [0.25, 0.3) is 0 Å². The van der Waals surface area contributed by atoms with Gasteiger partial charge in [-0.2, -0.15) is 0 Å². The number of carbonyl (C=O) groups excluding carboxylic acids is 2. The average molecular weight is 296 g/mol. The van der Waals surface area contributed by atoms with Crippen LogP contribution in [0, 0.1) is 5.41 Å². The number of fused-ring (bicyclic) bond motifs is 6. The van der Waals surface area contributed by atoms with Crippen LogP contribution in [0.3, 0.4) is 0 Å². The van der Waals surface area contributed by atoms with Crippen LogP contribution in [-0.4, -0.2) is 52.9 Å². The van der Waals surface area contributed by atoms with Gasteiger partial charge >= 0.3 is 11.9 Å². The molecule has 2 aliphatic heterocycles. The summed E-state index contributed by atoms with van der Waals surface area (Å²) in [5.74, 6) is -3.61. The van der Waals surface area contributed by atoms with E-state index in [4.69, 9.17) is 9.47 Å². The molecule has 2 heterocycles. The van der Waals surface area contributed by atoms with E-state index < -0.39 is 43.0 Å². The van der Waals surface area contributed by atoms with Crippen molar-refractivity contribution in [1.82, 2.24) is 0 Å². The summed E-state index contributed by atoms with van der Waals surface area (Å²) in [4.78, 5) is 24.2. The molecule has 0 unspecified atom stereocenters. The van der Waals surface area contributed by atoms with E-state index in [1.165, 1.54) is 31.2 Å². The second-order valence-corrected chi connectivity index (χ2v) is 5.06. The molecule has 0 aliphatic carbocycles. The van der Waals surface area contributed by atoms with Crippen molar-refractivity contribution < 1.29 is 34.4 Å². The van der Waals surface area contributed by atoms with Crippen LogP contribution in [0.5, 0.6) is 0 Å². The lowest BCUT2D eigenvalue weighted by atomic mass is 9.81. The minimum atomic E-state index is -2.02. The number of aliphatic hydroxyl groups is 3. The first-order valence-corrected chi connectivity index (χ1v) is 6.31. The van der Waals surface area contributed by atoms with Gasteiger partial charge in [-0.25, -0.2) is 9.59 Å². The number of ether oxygens (including phenoxy) is 2. The van der Waals surface area contributed by atoms with E-state index in [1.807, 2.05) is 0 Å². The van der Waals surface area contributed by atoms with Gasteiger partial charge in [0.05, 0.1) is 30.9 Å². The maximum Gasteiger partial charge on any atom is 0.341 e. The lowest BCUT2D eigenvalue weighted by Crippen LogP contribution is -2.58. The van der Waals surface area contributed by atoms with Gasteiger partial charge in [0, 0.05) is 6.92 Å². The van der Waals surface area contributed by atoms with E-state index in [2.05, 4.69) is 0 Å². The van der Waals surface area contributed by atoms with Gasteiger partial charge < -0.3 is 24.8 Å². The van der Waals surface area contributed by atoms with Crippen LogP contribution in [0.4, 0.5) is 0 Å². The molecular formula is C14H16O7. The van der Waals surface area contributed by atoms with Gasteiger partial charge in [0.25, 0.3) is 5.79 Å². The van der Waals surface area contributed by atoms with Crippen molar-refractivity contribution >= 4 is 11.9 Å². The number of rotatable bonds is 4. The van der Waals surface area contributed by atoms with Crippen LogP contribution in [0.1, 0.15) is 27.6 Å². The molecule has 0 amide bonds. The molecule has 0 atom stereocenters. The Morgan fingerprint density at radius 1 is 0.905 bits per heavy atom. The van der Waals surface area contributed by atoms with Crippen molar-refractivity contribution in [1.29, 1.82) is 0 Å². The summed E-state index contributed by atoms with van der Waals surface area (Å²) in [7, 11) is 0. The van der Waals surface area contributed by atoms with E-state index in [1.54, 1.807) is 0 Å². The monoisotopic (exact) mass is 296 g/mol. The van der Waals surface area contributed by atoms with Gasteiger partial charge in [-0.3, -0.25) is 0 Å². The first-order chi connectivity index (χ1) is 9.91. The second-order valence-electron chi connectivity index (χ2n) is 5.06. The Hall–Kier alpha value is -1.96. The van der Waals surface area contributed by atoms with Gasteiger partial charge in [-0.05, 0) is 24.3 Å². The number of esters is 2. The highest BCUT2D eigenvalue weighted by molar-refractivity contribution is 5.94. The fourth-order valence-electron chi connectivity index (χ4n) is 2.03. The summed E-state index contributed by atoms with van der Waals surface area (Å²) >= 11 is 0. The Balaban J connectivity index is 2.52. The van der Waals surface area contributed by atoms with E-state index in [9.17, 15) is 24.9 Å². The molecule has 0 radical (unpaired) electrons. The standard InChI is InChI=1S/C14H16O7/c1-13(14(6-15,7-16)8-17)20-11(18)9-2-3-10(5-4-9)12(19)21-13/h2-5,15-17H,6-8H2,1H3. The normalized spacial score (nSPS) is 17.5. The van der Waals surface area contributed by atoms with Crippen molar-refractivity contribution in [3.63, 3.8) is 0 Å². The van der Waals surface area contributed by atoms with E-state index in [0.29, 0.717) is 0 Å². The first-order valence-electron chi connectivity index (χ1n) is 6.31. The van der Waals surface area contributed by atoms with E-state index in [-0.39, 0.29) is 11.1 Å². The zero-order valence-corrected chi connectivity index (χ0v) is 11.4. The third kappa shape index (κ3) is 2.39. The van der Waals surface area contributed by atoms with Crippen molar-refractivity contribution in [2.24, 2.45) is 5.41 Å². The smallest absolute Gasteiger partial charge is 0.341 e. The lowest BCUT2D eigenvalue weighted by molar-refractivity contribution is -0.258.